The van der Waals surface area contributed by atoms with Crippen LogP contribution >= 0.6 is 11.8 Å². The maximum absolute atomic E-state index is 13.5. The van der Waals surface area contributed by atoms with E-state index in [0.29, 0.717) is 27.8 Å². The molecule has 3 aromatic heterocycles. The molecular weight excluding hydrogens is 440 g/mol. The number of hydrogen-bond acceptors (Lipinski definition) is 7. The van der Waals surface area contributed by atoms with Crippen molar-refractivity contribution < 1.29 is 13.9 Å². The number of furan rings is 1. The zero-order valence-corrected chi connectivity index (χ0v) is 19.0. The van der Waals surface area contributed by atoms with Gasteiger partial charge in [0.1, 0.15) is 5.76 Å². The van der Waals surface area contributed by atoms with E-state index in [9.17, 15) is 9.59 Å². The van der Waals surface area contributed by atoms with Gasteiger partial charge in [0.15, 0.2) is 5.16 Å². The number of methoxy groups -OCH3 is 1. The number of aryl methyl sites for hydroxylation is 2. The fraction of sp³-hybridized carbons (Fsp3) is 0.167. The second kappa shape index (κ2) is 8.25. The van der Waals surface area contributed by atoms with Gasteiger partial charge < -0.3 is 9.15 Å². The lowest BCUT2D eigenvalue weighted by molar-refractivity contribution is 0.0563. The van der Waals surface area contributed by atoms with Gasteiger partial charge in [-0.15, -0.1) is 10.2 Å². The molecule has 0 spiro atoms. The van der Waals surface area contributed by atoms with Crippen LogP contribution in [0, 0.1) is 13.8 Å². The van der Waals surface area contributed by atoms with Crippen LogP contribution in [-0.2, 0) is 10.5 Å². The monoisotopic (exact) mass is 460 g/mol. The Kier molecular flexibility index (Phi) is 5.26. The minimum absolute atomic E-state index is 0.147. The molecule has 0 saturated heterocycles. The first kappa shape index (κ1) is 21.0. The lowest BCUT2D eigenvalue weighted by Crippen LogP contribution is -2.22. The van der Waals surface area contributed by atoms with Crippen LogP contribution in [0.1, 0.15) is 27.4 Å². The second-order valence-electron chi connectivity index (χ2n) is 7.61. The predicted octanol–water partition coefficient (Wildman–Crippen LogP) is 4.32. The summed E-state index contributed by atoms with van der Waals surface area (Å²) in [5.41, 5.74) is 3.35. The van der Waals surface area contributed by atoms with Crippen LogP contribution in [0.4, 0.5) is 0 Å². The Hall–Kier alpha value is -3.85. The lowest BCUT2D eigenvalue weighted by atomic mass is 10.1. The van der Waals surface area contributed by atoms with Crippen LogP contribution < -0.4 is 5.56 Å². The molecule has 166 valence electrons. The molecule has 0 saturated carbocycles. The van der Waals surface area contributed by atoms with Gasteiger partial charge in [0.05, 0.1) is 29.5 Å². The number of esters is 1. The zero-order chi connectivity index (χ0) is 23.1. The molecule has 0 unspecified atom stereocenters. The molecule has 9 heteroatoms. The van der Waals surface area contributed by atoms with E-state index in [1.54, 1.807) is 16.7 Å². The molecule has 0 aliphatic rings. The van der Waals surface area contributed by atoms with Gasteiger partial charge in [-0.05, 0) is 55.3 Å². The third kappa shape index (κ3) is 3.60. The van der Waals surface area contributed by atoms with E-state index in [2.05, 4.69) is 10.2 Å². The number of benzene rings is 2. The van der Waals surface area contributed by atoms with Gasteiger partial charge in [-0.25, -0.2) is 9.36 Å². The maximum Gasteiger partial charge on any atom is 0.373 e. The standard InChI is InChI=1S/C24H20N4O4S/c1-14-8-9-15(2)19(12-14)27-21(29)17-6-4-5-7-18(17)28-23(27)25-26-24(28)33-13-16-10-11-20(32-16)22(30)31-3/h4-12H,13H2,1-3H3. The molecule has 5 rings (SSSR count). The summed E-state index contributed by atoms with van der Waals surface area (Å²) in [5, 5.41) is 9.94. The van der Waals surface area contributed by atoms with Crippen molar-refractivity contribution in [2.45, 2.75) is 24.8 Å². The Morgan fingerprint density at radius 3 is 2.73 bits per heavy atom. The van der Waals surface area contributed by atoms with Crippen molar-refractivity contribution in [1.29, 1.82) is 0 Å². The molecule has 0 amide bonds. The molecule has 0 N–H and O–H groups in total. The van der Waals surface area contributed by atoms with Crippen LogP contribution in [0.3, 0.4) is 0 Å². The molecule has 8 nitrogen and oxygen atoms in total. The van der Waals surface area contributed by atoms with Crippen molar-refractivity contribution in [3.05, 3.63) is 87.6 Å². The van der Waals surface area contributed by atoms with Crippen molar-refractivity contribution in [2.75, 3.05) is 7.11 Å². The first-order valence-corrected chi connectivity index (χ1v) is 11.2. The van der Waals surface area contributed by atoms with E-state index in [4.69, 9.17) is 9.15 Å². The fourth-order valence-electron chi connectivity index (χ4n) is 3.75. The summed E-state index contributed by atoms with van der Waals surface area (Å²) in [6.45, 7) is 3.96. The van der Waals surface area contributed by atoms with Gasteiger partial charge >= 0.3 is 5.97 Å². The predicted molar refractivity (Wildman–Crippen MR) is 125 cm³/mol. The Balaban J connectivity index is 1.66. The molecule has 0 aliphatic carbocycles. The maximum atomic E-state index is 13.5. The van der Waals surface area contributed by atoms with Gasteiger partial charge in [-0.1, -0.05) is 36.0 Å². The summed E-state index contributed by atoms with van der Waals surface area (Å²) in [4.78, 5) is 25.2. The molecule has 2 aromatic carbocycles. The number of aromatic nitrogens is 4. The quantitative estimate of drug-likeness (QED) is 0.285. The van der Waals surface area contributed by atoms with Gasteiger partial charge in [0.25, 0.3) is 5.56 Å². The van der Waals surface area contributed by atoms with Crippen molar-refractivity contribution >= 4 is 34.4 Å². The summed E-state index contributed by atoms with van der Waals surface area (Å²) >= 11 is 1.40. The molecule has 3 heterocycles. The highest BCUT2D eigenvalue weighted by Crippen LogP contribution is 2.27. The molecular formula is C24H20N4O4S. The number of ether oxygens (including phenoxy) is 1. The molecule has 0 bridgehead atoms. The Labute approximate surface area is 192 Å². The third-order valence-electron chi connectivity index (χ3n) is 5.39. The number of rotatable bonds is 5. The SMILES string of the molecule is COC(=O)c1ccc(CSc2nnc3n(-c4cc(C)ccc4C)c(=O)c4ccccc4n23)o1. The molecule has 0 aliphatic heterocycles. The smallest absolute Gasteiger partial charge is 0.373 e. The highest BCUT2D eigenvalue weighted by atomic mass is 32.2. The molecule has 0 fully saturated rings. The normalized spacial score (nSPS) is 11.4. The van der Waals surface area contributed by atoms with Crippen molar-refractivity contribution in [2.24, 2.45) is 0 Å². The highest BCUT2D eigenvalue weighted by molar-refractivity contribution is 7.98. The summed E-state index contributed by atoms with van der Waals surface area (Å²) in [5.74, 6) is 1.08. The van der Waals surface area contributed by atoms with E-state index in [0.717, 1.165) is 22.3 Å². The zero-order valence-electron chi connectivity index (χ0n) is 18.2. The first-order valence-electron chi connectivity index (χ1n) is 10.2. The number of para-hydroxylation sites is 1. The Morgan fingerprint density at radius 2 is 1.91 bits per heavy atom. The minimum atomic E-state index is -0.525. The number of carbonyl (C=O) groups is 1. The van der Waals surface area contributed by atoms with E-state index in [-0.39, 0.29) is 11.3 Å². The van der Waals surface area contributed by atoms with Crippen molar-refractivity contribution in [1.82, 2.24) is 19.2 Å². The van der Waals surface area contributed by atoms with Crippen LogP contribution in [0.25, 0.3) is 22.4 Å². The van der Waals surface area contributed by atoms with Crippen LogP contribution in [0.2, 0.25) is 0 Å². The molecule has 33 heavy (non-hydrogen) atoms. The first-order chi connectivity index (χ1) is 16.0. The van der Waals surface area contributed by atoms with E-state index >= 15 is 0 Å². The lowest BCUT2D eigenvalue weighted by Gasteiger charge is -2.13. The minimum Gasteiger partial charge on any atom is -0.463 e. The van der Waals surface area contributed by atoms with Crippen molar-refractivity contribution in [3.63, 3.8) is 0 Å². The third-order valence-corrected chi connectivity index (χ3v) is 6.34. The number of hydrogen-bond donors (Lipinski definition) is 0. The van der Waals surface area contributed by atoms with Gasteiger partial charge in [-0.3, -0.25) is 9.20 Å². The van der Waals surface area contributed by atoms with Crippen LogP contribution in [0.15, 0.2) is 69.0 Å². The average molecular weight is 461 g/mol. The van der Waals surface area contributed by atoms with Gasteiger partial charge in [0, 0.05) is 0 Å². The summed E-state index contributed by atoms with van der Waals surface area (Å²) < 4.78 is 13.8. The number of nitrogens with zero attached hydrogens (tertiary/aromatic N) is 4. The summed E-state index contributed by atoms with van der Waals surface area (Å²) in [6.07, 6.45) is 0. The highest BCUT2D eigenvalue weighted by Gasteiger charge is 2.19. The Morgan fingerprint density at radius 1 is 1.09 bits per heavy atom. The number of carbonyl (C=O) groups excluding carboxylic acids is 1. The van der Waals surface area contributed by atoms with Crippen molar-refractivity contribution in [3.8, 4) is 5.69 Å². The molecule has 5 aromatic rings. The summed E-state index contributed by atoms with van der Waals surface area (Å²) in [6, 6.07) is 16.7. The average Bonchev–Trinajstić information content (AvgIpc) is 3.47. The fourth-order valence-corrected chi connectivity index (χ4v) is 4.59. The van der Waals surface area contributed by atoms with Gasteiger partial charge in [0.2, 0.25) is 11.5 Å². The molecule has 0 atom stereocenters. The summed E-state index contributed by atoms with van der Waals surface area (Å²) in [7, 11) is 1.31. The van der Waals surface area contributed by atoms with E-state index in [1.165, 1.54) is 18.9 Å². The number of thioether (sulfide) groups is 1. The second-order valence-corrected chi connectivity index (χ2v) is 8.55. The molecule has 0 radical (unpaired) electrons. The number of fused-ring (bicyclic) bond motifs is 3. The Bertz CT molecular complexity index is 1580. The van der Waals surface area contributed by atoms with E-state index in [1.807, 2.05) is 60.7 Å². The van der Waals surface area contributed by atoms with Crippen LogP contribution in [-0.4, -0.2) is 32.2 Å². The van der Waals surface area contributed by atoms with Crippen LogP contribution in [0.5, 0.6) is 0 Å². The largest absolute Gasteiger partial charge is 0.463 e. The topological polar surface area (TPSA) is 91.6 Å². The van der Waals surface area contributed by atoms with E-state index < -0.39 is 5.97 Å². The van der Waals surface area contributed by atoms with Gasteiger partial charge in [-0.2, -0.15) is 0 Å².